The minimum Gasteiger partial charge on any atom is -0.486 e. The standard InChI is InChI=1S/C26H30Cl2N2O4/c1-17-6-12-20(13-7-17)29-26(32)25(18-8-10-19(28)11-9-18)30(24(31)14-27)15-21-16-33-22-4-2-3-5-23(22)34-21/h2-5,8-11,17,20-21,25H,6-7,12-16H2,1H3,(H,29,32)/t17?,20?,21-,25+/m1/s1. The van der Waals surface area contributed by atoms with E-state index in [-0.39, 0.29) is 36.9 Å². The molecule has 182 valence electrons. The lowest BCUT2D eigenvalue weighted by Crippen LogP contribution is -2.51. The van der Waals surface area contributed by atoms with E-state index in [1.807, 2.05) is 24.3 Å². The van der Waals surface area contributed by atoms with E-state index >= 15 is 0 Å². The number of fused-ring (bicyclic) bond motifs is 1. The van der Waals surface area contributed by atoms with Crippen LogP contribution in [0.4, 0.5) is 0 Å². The van der Waals surface area contributed by atoms with Crippen LogP contribution in [0.25, 0.3) is 0 Å². The van der Waals surface area contributed by atoms with Crippen LogP contribution in [0.15, 0.2) is 48.5 Å². The zero-order chi connectivity index (χ0) is 24.1. The van der Waals surface area contributed by atoms with Crippen molar-refractivity contribution in [2.75, 3.05) is 19.0 Å². The molecule has 0 bridgehead atoms. The molecule has 8 heteroatoms. The maximum absolute atomic E-state index is 13.6. The predicted octanol–water partition coefficient (Wildman–Crippen LogP) is 4.98. The number of ether oxygens (including phenoxy) is 2. The van der Waals surface area contributed by atoms with Crippen molar-refractivity contribution in [2.45, 2.75) is 50.8 Å². The van der Waals surface area contributed by atoms with Crippen LogP contribution in [-0.2, 0) is 9.59 Å². The van der Waals surface area contributed by atoms with Crippen molar-refractivity contribution in [1.29, 1.82) is 0 Å². The van der Waals surface area contributed by atoms with Crippen molar-refractivity contribution >= 4 is 35.0 Å². The summed E-state index contributed by atoms with van der Waals surface area (Å²) in [4.78, 5) is 28.2. The highest BCUT2D eigenvalue weighted by atomic mass is 35.5. The molecule has 2 amide bonds. The fourth-order valence-corrected chi connectivity index (χ4v) is 4.88. The molecule has 1 saturated carbocycles. The van der Waals surface area contributed by atoms with Gasteiger partial charge in [-0.15, -0.1) is 11.6 Å². The highest BCUT2D eigenvalue weighted by Gasteiger charge is 2.36. The highest BCUT2D eigenvalue weighted by Crippen LogP contribution is 2.32. The Balaban J connectivity index is 1.58. The van der Waals surface area contributed by atoms with Crippen LogP contribution in [0.5, 0.6) is 11.5 Å². The van der Waals surface area contributed by atoms with Gasteiger partial charge in [0.05, 0.1) is 6.54 Å². The van der Waals surface area contributed by atoms with E-state index in [9.17, 15) is 9.59 Å². The summed E-state index contributed by atoms with van der Waals surface area (Å²) in [7, 11) is 0. The number of rotatable bonds is 7. The summed E-state index contributed by atoms with van der Waals surface area (Å²) in [5.74, 6) is 1.12. The van der Waals surface area contributed by atoms with Crippen LogP contribution in [0, 0.1) is 5.92 Å². The van der Waals surface area contributed by atoms with E-state index in [4.69, 9.17) is 32.7 Å². The van der Waals surface area contributed by atoms with Gasteiger partial charge in [-0.25, -0.2) is 0 Å². The summed E-state index contributed by atoms with van der Waals surface area (Å²) in [6.45, 7) is 2.65. The number of alkyl halides is 1. The third-order valence-corrected chi connectivity index (χ3v) is 6.99. The van der Waals surface area contributed by atoms with Gasteiger partial charge in [0, 0.05) is 11.1 Å². The van der Waals surface area contributed by atoms with Crippen LogP contribution < -0.4 is 14.8 Å². The molecule has 2 aliphatic rings. The SMILES string of the molecule is CC1CCC(NC(=O)[C@H](c2ccc(Cl)cc2)N(C[C@@H]2COc3ccccc3O2)C(=O)CCl)CC1. The lowest BCUT2D eigenvalue weighted by atomic mass is 9.87. The first-order valence-corrected chi connectivity index (χ1v) is 12.7. The molecule has 0 radical (unpaired) electrons. The van der Waals surface area contributed by atoms with Crippen LogP contribution >= 0.6 is 23.2 Å². The Bertz CT molecular complexity index is 993. The zero-order valence-electron chi connectivity index (χ0n) is 19.2. The van der Waals surface area contributed by atoms with Crippen LogP contribution in [0.3, 0.4) is 0 Å². The van der Waals surface area contributed by atoms with Crippen LogP contribution in [0.1, 0.15) is 44.2 Å². The average Bonchev–Trinajstić information content (AvgIpc) is 2.85. The van der Waals surface area contributed by atoms with Crippen molar-refractivity contribution in [3.63, 3.8) is 0 Å². The maximum atomic E-state index is 13.6. The van der Waals surface area contributed by atoms with Gasteiger partial charge in [0.15, 0.2) is 17.6 Å². The summed E-state index contributed by atoms with van der Waals surface area (Å²) in [5, 5.41) is 3.74. The Morgan fingerprint density at radius 3 is 2.41 bits per heavy atom. The normalized spacial score (nSPS) is 22.5. The third-order valence-electron chi connectivity index (χ3n) is 6.51. The Morgan fingerprint density at radius 2 is 1.74 bits per heavy atom. The molecular formula is C26H30Cl2N2O4. The molecule has 1 N–H and O–H groups in total. The van der Waals surface area contributed by atoms with E-state index < -0.39 is 12.1 Å². The van der Waals surface area contributed by atoms with E-state index in [0.29, 0.717) is 28.0 Å². The second-order valence-electron chi connectivity index (χ2n) is 9.10. The Kier molecular flexibility index (Phi) is 8.22. The molecule has 34 heavy (non-hydrogen) atoms. The van der Waals surface area contributed by atoms with E-state index in [2.05, 4.69) is 12.2 Å². The second kappa shape index (κ2) is 11.3. The number of hydrogen-bond donors (Lipinski definition) is 1. The fraction of sp³-hybridized carbons (Fsp3) is 0.462. The molecule has 1 aliphatic carbocycles. The number of para-hydroxylation sites is 2. The summed E-state index contributed by atoms with van der Waals surface area (Å²) in [5.41, 5.74) is 0.668. The van der Waals surface area contributed by atoms with Gasteiger partial charge in [0.25, 0.3) is 0 Å². The third kappa shape index (κ3) is 5.97. The molecule has 1 heterocycles. The number of amides is 2. The highest BCUT2D eigenvalue weighted by molar-refractivity contribution is 6.30. The minimum absolute atomic E-state index is 0.0904. The van der Waals surface area contributed by atoms with Gasteiger partial charge in [-0.2, -0.15) is 0 Å². The minimum atomic E-state index is -0.858. The number of carbonyl (C=O) groups is 2. The molecular weight excluding hydrogens is 475 g/mol. The zero-order valence-corrected chi connectivity index (χ0v) is 20.7. The molecule has 1 aliphatic heterocycles. The van der Waals surface area contributed by atoms with Crippen LogP contribution in [0.2, 0.25) is 5.02 Å². The first-order valence-electron chi connectivity index (χ1n) is 11.7. The second-order valence-corrected chi connectivity index (χ2v) is 9.80. The predicted molar refractivity (Wildman–Crippen MR) is 133 cm³/mol. The molecule has 2 atom stereocenters. The topological polar surface area (TPSA) is 67.9 Å². The van der Waals surface area contributed by atoms with Gasteiger partial charge in [-0.1, -0.05) is 42.8 Å². The number of nitrogens with one attached hydrogen (secondary N) is 1. The first kappa shape index (κ1) is 24.7. The van der Waals surface area contributed by atoms with Crippen molar-refractivity contribution in [2.24, 2.45) is 5.92 Å². The molecule has 6 nitrogen and oxygen atoms in total. The molecule has 2 aromatic carbocycles. The van der Waals surface area contributed by atoms with E-state index in [1.54, 1.807) is 24.3 Å². The van der Waals surface area contributed by atoms with Crippen molar-refractivity contribution in [3.8, 4) is 11.5 Å². The lowest BCUT2D eigenvalue weighted by molar-refractivity contribution is -0.141. The molecule has 0 saturated heterocycles. The molecule has 1 fully saturated rings. The monoisotopic (exact) mass is 504 g/mol. The molecule has 2 aromatic rings. The summed E-state index contributed by atoms with van der Waals surface area (Å²) >= 11 is 12.1. The number of nitrogens with zero attached hydrogens (tertiary/aromatic N) is 1. The smallest absolute Gasteiger partial charge is 0.247 e. The van der Waals surface area contributed by atoms with Gasteiger partial charge in [0.1, 0.15) is 18.5 Å². The van der Waals surface area contributed by atoms with Crippen molar-refractivity contribution < 1.29 is 19.1 Å². The fourth-order valence-electron chi connectivity index (χ4n) is 4.60. The summed E-state index contributed by atoms with van der Waals surface area (Å²) < 4.78 is 11.9. The van der Waals surface area contributed by atoms with E-state index in [1.165, 1.54) is 4.90 Å². The number of hydrogen-bond acceptors (Lipinski definition) is 4. The quantitative estimate of drug-likeness (QED) is 0.539. The maximum Gasteiger partial charge on any atom is 0.247 e. The van der Waals surface area contributed by atoms with Crippen LogP contribution in [-0.4, -0.2) is 47.9 Å². The van der Waals surface area contributed by atoms with Crippen molar-refractivity contribution in [3.05, 3.63) is 59.1 Å². The lowest BCUT2D eigenvalue weighted by Gasteiger charge is -2.36. The molecule has 4 rings (SSSR count). The molecule has 0 unspecified atom stereocenters. The van der Waals surface area contributed by atoms with Gasteiger partial charge in [-0.3, -0.25) is 9.59 Å². The average molecular weight is 505 g/mol. The Morgan fingerprint density at radius 1 is 1.06 bits per heavy atom. The number of halogens is 2. The van der Waals surface area contributed by atoms with Crippen molar-refractivity contribution in [1.82, 2.24) is 10.2 Å². The summed E-state index contributed by atoms with van der Waals surface area (Å²) in [6, 6.07) is 13.6. The van der Waals surface area contributed by atoms with Gasteiger partial charge < -0.3 is 19.7 Å². The number of carbonyl (C=O) groups excluding carboxylic acids is 2. The molecule has 0 aromatic heterocycles. The van der Waals surface area contributed by atoms with E-state index in [0.717, 1.165) is 25.7 Å². The van der Waals surface area contributed by atoms with Gasteiger partial charge >= 0.3 is 0 Å². The first-order chi connectivity index (χ1) is 16.4. The largest absolute Gasteiger partial charge is 0.486 e. The molecule has 0 spiro atoms. The summed E-state index contributed by atoms with van der Waals surface area (Å²) in [6.07, 6.45) is 3.57. The van der Waals surface area contributed by atoms with Gasteiger partial charge in [-0.05, 0) is 61.4 Å². The Labute approximate surface area is 210 Å². The van der Waals surface area contributed by atoms with Gasteiger partial charge in [0.2, 0.25) is 11.8 Å². The Hall–Kier alpha value is -2.44. The number of benzene rings is 2.